The number of ether oxygens (including phenoxy) is 2. The van der Waals surface area contributed by atoms with Crippen LogP contribution >= 0.6 is 0 Å². The van der Waals surface area contributed by atoms with Gasteiger partial charge in [0.05, 0.1) is 23.0 Å². The highest BCUT2D eigenvalue weighted by Gasteiger charge is 2.18. The van der Waals surface area contributed by atoms with Crippen LogP contribution in [0.2, 0.25) is 0 Å². The first kappa shape index (κ1) is 35.8. The number of urea groups is 2. The second kappa shape index (κ2) is 16.1. The molecule has 0 unspecified atom stereocenters. The minimum absolute atomic E-state index is 0.00252. The zero-order valence-corrected chi connectivity index (χ0v) is 28.0. The number of sulfone groups is 1. The fourth-order valence-electron chi connectivity index (χ4n) is 4.38. The van der Waals surface area contributed by atoms with Crippen molar-refractivity contribution in [2.45, 2.75) is 37.5 Å². The number of hydrogen-bond donors (Lipinski definition) is 6. The van der Waals surface area contributed by atoms with E-state index < -0.39 is 34.1 Å². The summed E-state index contributed by atoms with van der Waals surface area (Å²) in [7, 11) is -3.92. The minimum Gasteiger partial charge on any atom is -0.450 e. The normalized spacial score (nSPS) is 10.7. The lowest BCUT2D eigenvalue weighted by Gasteiger charge is -2.13. The maximum Gasteiger partial charge on any atom is 0.411 e. The third kappa shape index (κ3) is 9.95. The number of anilines is 6. The molecular formula is C34H36N6O8S. The van der Waals surface area contributed by atoms with Gasteiger partial charge in [-0.2, -0.15) is 0 Å². The molecule has 6 amide bonds. The summed E-state index contributed by atoms with van der Waals surface area (Å²) in [4.78, 5) is 48.8. The molecule has 4 aromatic rings. The van der Waals surface area contributed by atoms with Crippen molar-refractivity contribution < 1.29 is 37.1 Å². The summed E-state index contributed by atoms with van der Waals surface area (Å²) in [5.41, 5.74) is 3.96. The Labute approximate surface area is 283 Å². The highest BCUT2D eigenvalue weighted by Crippen LogP contribution is 2.26. The monoisotopic (exact) mass is 688 g/mol. The maximum atomic E-state index is 13.3. The summed E-state index contributed by atoms with van der Waals surface area (Å²) >= 11 is 0. The molecule has 49 heavy (non-hydrogen) atoms. The van der Waals surface area contributed by atoms with Gasteiger partial charge in [0.1, 0.15) is 0 Å². The average Bonchev–Trinajstić information content (AvgIpc) is 3.05. The van der Waals surface area contributed by atoms with E-state index in [1.54, 1.807) is 64.1 Å². The number of hydrogen-bond acceptors (Lipinski definition) is 8. The Hall–Kier alpha value is -6.09. The lowest BCUT2D eigenvalue weighted by molar-refractivity contribution is 0.167. The Balaban J connectivity index is 1.35. The van der Waals surface area contributed by atoms with Crippen molar-refractivity contribution >= 4 is 68.2 Å². The van der Waals surface area contributed by atoms with Crippen molar-refractivity contribution in [3.63, 3.8) is 0 Å². The smallest absolute Gasteiger partial charge is 0.411 e. The molecule has 15 heteroatoms. The third-order valence-corrected chi connectivity index (χ3v) is 8.65. The SMILES string of the molecule is CCOC(=O)Nc1ccc(C)c(NC(=O)Nc2ccc(S(=O)(=O)c3ccc(NC(=O)Nc4cc(NC(=O)OCC)ccc4C)cc3)cc2)c1. The average molecular weight is 689 g/mol. The molecule has 0 bridgehead atoms. The Morgan fingerprint density at radius 2 is 0.857 bits per heavy atom. The zero-order valence-electron chi connectivity index (χ0n) is 27.2. The van der Waals surface area contributed by atoms with Crippen LogP contribution in [0.3, 0.4) is 0 Å². The molecule has 0 aliphatic heterocycles. The Kier molecular flexibility index (Phi) is 11.8. The number of carbonyl (C=O) groups is 4. The van der Waals surface area contributed by atoms with Gasteiger partial charge in [0.2, 0.25) is 9.84 Å². The van der Waals surface area contributed by atoms with Crippen LogP contribution in [-0.4, -0.2) is 45.9 Å². The van der Waals surface area contributed by atoms with E-state index in [0.717, 1.165) is 11.1 Å². The van der Waals surface area contributed by atoms with E-state index in [2.05, 4.69) is 31.9 Å². The van der Waals surface area contributed by atoms with Gasteiger partial charge >= 0.3 is 24.2 Å². The molecule has 0 atom stereocenters. The molecule has 4 aromatic carbocycles. The topological polar surface area (TPSA) is 193 Å². The first-order chi connectivity index (χ1) is 23.4. The van der Waals surface area contributed by atoms with Crippen LogP contribution < -0.4 is 31.9 Å². The first-order valence-electron chi connectivity index (χ1n) is 15.1. The van der Waals surface area contributed by atoms with E-state index >= 15 is 0 Å². The molecule has 0 saturated carbocycles. The molecule has 0 aliphatic rings. The highest BCUT2D eigenvalue weighted by molar-refractivity contribution is 7.91. The van der Waals surface area contributed by atoms with Crippen LogP contribution in [0.1, 0.15) is 25.0 Å². The van der Waals surface area contributed by atoms with Crippen molar-refractivity contribution in [1.29, 1.82) is 0 Å². The quantitative estimate of drug-likeness (QED) is 0.0982. The number of aryl methyl sites for hydroxylation is 2. The second-order valence-corrected chi connectivity index (χ2v) is 12.4. The maximum absolute atomic E-state index is 13.3. The number of nitrogens with one attached hydrogen (secondary N) is 6. The Morgan fingerprint density at radius 1 is 0.510 bits per heavy atom. The van der Waals surface area contributed by atoms with Gasteiger partial charge in [0.15, 0.2) is 0 Å². The number of rotatable bonds is 10. The van der Waals surface area contributed by atoms with Gasteiger partial charge in [-0.25, -0.2) is 27.6 Å². The van der Waals surface area contributed by atoms with Crippen LogP contribution in [0.15, 0.2) is 94.7 Å². The summed E-state index contributed by atoms with van der Waals surface area (Å²) in [6, 6.07) is 20.1. The largest absolute Gasteiger partial charge is 0.450 e. The first-order valence-corrected chi connectivity index (χ1v) is 16.6. The van der Waals surface area contributed by atoms with E-state index in [-0.39, 0.29) is 23.0 Å². The summed E-state index contributed by atoms with van der Waals surface area (Å²) < 4.78 is 36.3. The molecule has 0 spiro atoms. The van der Waals surface area contributed by atoms with Crippen molar-refractivity contribution in [1.82, 2.24) is 0 Å². The molecule has 0 aromatic heterocycles. The predicted molar refractivity (Wildman–Crippen MR) is 187 cm³/mol. The molecular weight excluding hydrogens is 652 g/mol. The molecule has 0 fully saturated rings. The lowest BCUT2D eigenvalue weighted by atomic mass is 10.2. The van der Waals surface area contributed by atoms with Crippen molar-refractivity contribution in [3.05, 3.63) is 96.1 Å². The molecule has 14 nitrogen and oxygen atoms in total. The summed E-state index contributed by atoms with van der Waals surface area (Å²) in [5.74, 6) is 0. The van der Waals surface area contributed by atoms with Gasteiger partial charge in [0.25, 0.3) is 0 Å². The van der Waals surface area contributed by atoms with E-state index in [1.807, 2.05) is 0 Å². The second-order valence-electron chi connectivity index (χ2n) is 10.5. The van der Waals surface area contributed by atoms with Gasteiger partial charge in [0, 0.05) is 34.1 Å². The highest BCUT2D eigenvalue weighted by atomic mass is 32.2. The van der Waals surface area contributed by atoms with Crippen molar-refractivity contribution in [2.75, 3.05) is 45.1 Å². The molecule has 4 rings (SSSR count). The zero-order chi connectivity index (χ0) is 35.6. The van der Waals surface area contributed by atoms with Gasteiger partial charge in [-0.1, -0.05) is 12.1 Å². The van der Waals surface area contributed by atoms with Gasteiger partial charge in [-0.05, 0) is 112 Å². The van der Waals surface area contributed by atoms with Gasteiger partial charge < -0.3 is 30.7 Å². The summed E-state index contributed by atoms with van der Waals surface area (Å²) in [6.07, 6.45) is -1.23. The van der Waals surface area contributed by atoms with Crippen molar-refractivity contribution in [2.24, 2.45) is 0 Å². The molecule has 6 N–H and O–H groups in total. The molecule has 0 saturated heterocycles. The molecule has 256 valence electrons. The minimum atomic E-state index is -3.92. The molecule has 0 heterocycles. The van der Waals surface area contributed by atoms with Crippen LogP contribution in [0.5, 0.6) is 0 Å². The summed E-state index contributed by atoms with van der Waals surface area (Å²) in [5, 5.41) is 15.9. The van der Waals surface area contributed by atoms with Crippen LogP contribution in [-0.2, 0) is 19.3 Å². The van der Waals surface area contributed by atoms with Crippen LogP contribution in [0.4, 0.5) is 53.3 Å². The fraction of sp³-hybridized carbons (Fsp3) is 0.176. The van der Waals surface area contributed by atoms with E-state index in [4.69, 9.17) is 9.47 Å². The van der Waals surface area contributed by atoms with E-state index in [9.17, 15) is 27.6 Å². The standard InChI is InChI=1S/C34H36N6O8S/c1-5-47-33(43)37-25-9-7-21(3)29(19-25)39-31(41)35-23-11-15-27(16-12-23)49(45,46)28-17-13-24(14-18-28)36-32(42)40-30-20-26(10-8-22(30)4)38-34(44)48-6-2/h7-20H,5-6H2,1-4H3,(H,37,43)(H,38,44)(H2,35,39,41)(H2,36,40,42). The predicted octanol–water partition coefficient (Wildman–Crippen LogP) is 7.56. The number of amides is 6. The molecule has 0 aliphatic carbocycles. The van der Waals surface area contributed by atoms with Crippen molar-refractivity contribution in [3.8, 4) is 0 Å². The van der Waals surface area contributed by atoms with Crippen LogP contribution in [0.25, 0.3) is 0 Å². The van der Waals surface area contributed by atoms with Gasteiger partial charge in [-0.15, -0.1) is 0 Å². The number of carbonyl (C=O) groups excluding carboxylic acids is 4. The van der Waals surface area contributed by atoms with Gasteiger partial charge in [-0.3, -0.25) is 10.6 Å². The Morgan fingerprint density at radius 3 is 1.20 bits per heavy atom. The Bertz CT molecular complexity index is 1810. The van der Waals surface area contributed by atoms with E-state index in [1.165, 1.54) is 48.5 Å². The third-order valence-electron chi connectivity index (χ3n) is 6.86. The fourth-order valence-corrected chi connectivity index (χ4v) is 5.64. The summed E-state index contributed by atoms with van der Waals surface area (Å²) in [6.45, 7) is 7.38. The number of benzene rings is 4. The van der Waals surface area contributed by atoms with E-state index in [0.29, 0.717) is 34.1 Å². The van der Waals surface area contributed by atoms with Crippen LogP contribution in [0, 0.1) is 13.8 Å². The molecule has 0 radical (unpaired) electrons. The lowest BCUT2D eigenvalue weighted by Crippen LogP contribution is -2.20.